The maximum atomic E-state index is 11.8. The summed E-state index contributed by atoms with van der Waals surface area (Å²) in [5, 5.41) is 3.10. The molecule has 0 spiro atoms. The van der Waals surface area contributed by atoms with Crippen molar-refractivity contribution in [3.8, 4) is 0 Å². The van der Waals surface area contributed by atoms with Crippen LogP contribution in [0.5, 0.6) is 0 Å². The molecule has 1 amide bonds. The summed E-state index contributed by atoms with van der Waals surface area (Å²) in [6.07, 6.45) is 3.63. The summed E-state index contributed by atoms with van der Waals surface area (Å²) in [5.74, 6) is 1.02. The van der Waals surface area contributed by atoms with Crippen LogP contribution in [0.3, 0.4) is 0 Å². The molecule has 100 valence electrons. The van der Waals surface area contributed by atoms with Crippen molar-refractivity contribution in [1.29, 1.82) is 0 Å². The van der Waals surface area contributed by atoms with Crippen molar-refractivity contribution < 1.29 is 9.53 Å². The fourth-order valence-corrected chi connectivity index (χ4v) is 2.30. The van der Waals surface area contributed by atoms with E-state index in [1.165, 1.54) is 0 Å². The van der Waals surface area contributed by atoms with E-state index in [2.05, 4.69) is 19.2 Å². The molecule has 4 nitrogen and oxygen atoms in total. The van der Waals surface area contributed by atoms with Gasteiger partial charge in [0.2, 0.25) is 5.91 Å². The molecule has 1 aliphatic rings. The molecule has 0 bridgehead atoms. The standard InChI is InChI=1S/C13H26N2O2/c1-3-11(9-14)8-13(16)15-10(2)12-4-6-17-7-5-12/h10-12H,3-9,14H2,1-2H3,(H,15,16). The van der Waals surface area contributed by atoms with E-state index >= 15 is 0 Å². The van der Waals surface area contributed by atoms with Crippen LogP contribution in [-0.4, -0.2) is 31.7 Å². The van der Waals surface area contributed by atoms with E-state index in [9.17, 15) is 4.79 Å². The van der Waals surface area contributed by atoms with Crippen LogP contribution in [0.2, 0.25) is 0 Å². The van der Waals surface area contributed by atoms with Crippen LogP contribution in [0.1, 0.15) is 39.5 Å². The highest BCUT2D eigenvalue weighted by molar-refractivity contribution is 5.76. The predicted molar refractivity (Wildman–Crippen MR) is 68.6 cm³/mol. The third kappa shape index (κ3) is 5.04. The molecule has 0 aliphatic carbocycles. The third-order valence-corrected chi connectivity index (χ3v) is 3.75. The molecule has 0 radical (unpaired) electrons. The molecule has 4 heteroatoms. The highest BCUT2D eigenvalue weighted by Gasteiger charge is 2.22. The van der Waals surface area contributed by atoms with Gasteiger partial charge in [-0.05, 0) is 38.1 Å². The van der Waals surface area contributed by atoms with Gasteiger partial charge in [-0.2, -0.15) is 0 Å². The fourth-order valence-electron chi connectivity index (χ4n) is 2.30. The first-order valence-corrected chi connectivity index (χ1v) is 6.74. The van der Waals surface area contributed by atoms with Crippen molar-refractivity contribution in [3.05, 3.63) is 0 Å². The van der Waals surface area contributed by atoms with Crippen molar-refractivity contribution in [2.45, 2.75) is 45.6 Å². The summed E-state index contributed by atoms with van der Waals surface area (Å²) < 4.78 is 5.32. The molecule has 0 aromatic heterocycles. The monoisotopic (exact) mass is 242 g/mol. The van der Waals surface area contributed by atoms with Gasteiger partial charge in [0.25, 0.3) is 0 Å². The van der Waals surface area contributed by atoms with Gasteiger partial charge >= 0.3 is 0 Å². The quantitative estimate of drug-likeness (QED) is 0.737. The van der Waals surface area contributed by atoms with Gasteiger partial charge in [-0.25, -0.2) is 0 Å². The van der Waals surface area contributed by atoms with E-state index in [0.29, 0.717) is 24.8 Å². The second-order valence-electron chi connectivity index (χ2n) is 5.02. The third-order valence-electron chi connectivity index (χ3n) is 3.75. The number of hydrogen-bond acceptors (Lipinski definition) is 3. The zero-order valence-electron chi connectivity index (χ0n) is 11.1. The number of nitrogens with two attached hydrogens (primary N) is 1. The Bertz CT molecular complexity index is 223. The molecule has 0 saturated carbocycles. The molecule has 3 N–H and O–H groups in total. The first-order valence-electron chi connectivity index (χ1n) is 6.74. The van der Waals surface area contributed by atoms with E-state index in [0.717, 1.165) is 32.5 Å². The van der Waals surface area contributed by atoms with E-state index in [1.54, 1.807) is 0 Å². The number of hydrogen-bond donors (Lipinski definition) is 2. The van der Waals surface area contributed by atoms with Gasteiger partial charge in [0.05, 0.1) is 0 Å². The number of rotatable bonds is 6. The van der Waals surface area contributed by atoms with Gasteiger partial charge in [0, 0.05) is 25.7 Å². The largest absolute Gasteiger partial charge is 0.381 e. The molecule has 0 aromatic carbocycles. The molecule has 1 heterocycles. The van der Waals surface area contributed by atoms with Crippen molar-refractivity contribution in [3.63, 3.8) is 0 Å². The van der Waals surface area contributed by atoms with Crippen LogP contribution in [-0.2, 0) is 9.53 Å². The Morgan fingerprint density at radius 1 is 1.47 bits per heavy atom. The fraction of sp³-hybridized carbons (Fsp3) is 0.923. The van der Waals surface area contributed by atoms with Crippen LogP contribution in [0.4, 0.5) is 0 Å². The van der Waals surface area contributed by atoms with Gasteiger partial charge in [-0.1, -0.05) is 13.3 Å². The molecular formula is C13H26N2O2. The first-order chi connectivity index (χ1) is 8.17. The second-order valence-corrected chi connectivity index (χ2v) is 5.02. The highest BCUT2D eigenvalue weighted by atomic mass is 16.5. The molecule has 1 aliphatic heterocycles. The predicted octanol–water partition coefficient (Wildman–Crippen LogP) is 1.29. The Labute approximate surface area is 104 Å². The summed E-state index contributed by atoms with van der Waals surface area (Å²) in [4.78, 5) is 11.8. The molecule has 1 fully saturated rings. The Morgan fingerprint density at radius 3 is 2.65 bits per heavy atom. The van der Waals surface area contributed by atoms with Crippen molar-refractivity contribution in [1.82, 2.24) is 5.32 Å². The smallest absolute Gasteiger partial charge is 0.220 e. The van der Waals surface area contributed by atoms with Gasteiger partial charge in [0.1, 0.15) is 0 Å². The van der Waals surface area contributed by atoms with Crippen LogP contribution >= 0.6 is 0 Å². The van der Waals surface area contributed by atoms with E-state index in [-0.39, 0.29) is 11.9 Å². The number of carbonyl (C=O) groups excluding carboxylic acids is 1. The van der Waals surface area contributed by atoms with Crippen molar-refractivity contribution >= 4 is 5.91 Å². The molecule has 2 unspecified atom stereocenters. The van der Waals surface area contributed by atoms with Crippen molar-refractivity contribution in [2.75, 3.05) is 19.8 Å². The lowest BCUT2D eigenvalue weighted by Gasteiger charge is -2.28. The van der Waals surface area contributed by atoms with Crippen molar-refractivity contribution in [2.24, 2.45) is 17.6 Å². The first kappa shape index (κ1) is 14.5. The Morgan fingerprint density at radius 2 is 2.12 bits per heavy atom. The van der Waals surface area contributed by atoms with Crippen LogP contribution in [0.15, 0.2) is 0 Å². The maximum absolute atomic E-state index is 11.8. The summed E-state index contributed by atoms with van der Waals surface area (Å²) in [5.41, 5.74) is 5.61. The van der Waals surface area contributed by atoms with Crippen LogP contribution < -0.4 is 11.1 Å². The minimum absolute atomic E-state index is 0.140. The van der Waals surface area contributed by atoms with Gasteiger partial charge in [-0.15, -0.1) is 0 Å². The molecule has 1 rings (SSSR count). The average molecular weight is 242 g/mol. The zero-order chi connectivity index (χ0) is 12.7. The highest BCUT2D eigenvalue weighted by Crippen LogP contribution is 2.18. The minimum atomic E-state index is 0.140. The molecular weight excluding hydrogens is 216 g/mol. The summed E-state index contributed by atoms with van der Waals surface area (Å²) in [7, 11) is 0. The minimum Gasteiger partial charge on any atom is -0.381 e. The van der Waals surface area contributed by atoms with E-state index in [1.807, 2.05) is 0 Å². The second kappa shape index (κ2) is 7.67. The molecule has 1 saturated heterocycles. The lowest BCUT2D eigenvalue weighted by atomic mass is 9.92. The molecule has 2 atom stereocenters. The lowest BCUT2D eigenvalue weighted by molar-refractivity contribution is -0.123. The summed E-state index contributed by atoms with van der Waals surface area (Å²) >= 11 is 0. The van der Waals surface area contributed by atoms with Gasteiger partial charge in [0.15, 0.2) is 0 Å². The Kier molecular flexibility index (Phi) is 6.52. The average Bonchev–Trinajstić information content (AvgIpc) is 2.37. The van der Waals surface area contributed by atoms with E-state index in [4.69, 9.17) is 10.5 Å². The zero-order valence-corrected chi connectivity index (χ0v) is 11.1. The number of carbonyl (C=O) groups is 1. The molecule has 0 aromatic rings. The topological polar surface area (TPSA) is 64.4 Å². The van der Waals surface area contributed by atoms with Crippen LogP contribution in [0, 0.1) is 11.8 Å². The Balaban J connectivity index is 2.29. The van der Waals surface area contributed by atoms with Crippen LogP contribution in [0.25, 0.3) is 0 Å². The number of amides is 1. The van der Waals surface area contributed by atoms with E-state index < -0.39 is 0 Å². The number of nitrogens with one attached hydrogen (secondary N) is 1. The number of ether oxygens (including phenoxy) is 1. The molecule has 17 heavy (non-hydrogen) atoms. The van der Waals surface area contributed by atoms with Gasteiger partial charge in [-0.3, -0.25) is 4.79 Å². The lowest BCUT2D eigenvalue weighted by Crippen LogP contribution is -2.41. The Hall–Kier alpha value is -0.610. The normalized spacial score (nSPS) is 20.9. The summed E-state index contributed by atoms with van der Waals surface area (Å²) in [6, 6.07) is 0.252. The SMILES string of the molecule is CCC(CN)CC(=O)NC(C)C1CCOCC1. The maximum Gasteiger partial charge on any atom is 0.220 e. The van der Waals surface area contributed by atoms with Gasteiger partial charge < -0.3 is 15.8 Å². The summed E-state index contributed by atoms with van der Waals surface area (Å²) in [6.45, 7) is 6.41.